The fourth-order valence-electron chi connectivity index (χ4n) is 3.32. The van der Waals surface area contributed by atoms with Crippen LogP contribution in [0.1, 0.15) is 44.1 Å². The Hall–Kier alpha value is -0.920. The molecule has 1 aromatic carbocycles. The number of carboxylic acid groups (broad SMARTS) is 1. The molecule has 0 atom stereocenters. The molecule has 0 radical (unpaired) electrons. The fraction of sp³-hybridized carbons (Fsp3) is 0.579. The SMILES string of the molecule is CC(=O)O.O=C(Nc1ccc(C2CCNCC2)cc1)C1CCNCC1.[NaH]. The standard InChI is InChI=1S/C17H25N3O.C2H4O2.Na.H/c21-17(15-7-11-19-12-8-15)20-16-3-1-13(2-4-16)14-5-9-18-10-6-14;1-2(3)4;;/h1-4,14-15,18-19H,5-12H2,(H,20,21);1H3,(H,3,4);;. The third kappa shape index (κ3) is 8.18. The number of piperidine rings is 2. The van der Waals surface area contributed by atoms with Crippen molar-refractivity contribution in [2.75, 3.05) is 31.5 Å². The molecule has 1 aromatic rings. The van der Waals surface area contributed by atoms with Gasteiger partial charge >= 0.3 is 29.6 Å². The van der Waals surface area contributed by atoms with Crippen LogP contribution in [-0.2, 0) is 9.59 Å². The molecular weight excluding hydrogens is 341 g/mol. The first-order valence-corrected chi connectivity index (χ1v) is 9.08. The van der Waals surface area contributed by atoms with Crippen LogP contribution >= 0.6 is 0 Å². The molecule has 1 amide bonds. The van der Waals surface area contributed by atoms with Gasteiger partial charge in [0.1, 0.15) is 0 Å². The minimum atomic E-state index is -0.833. The first kappa shape index (κ1) is 23.1. The number of anilines is 1. The zero-order valence-electron chi connectivity index (χ0n) is 14.9. The molecule has 2 heterocycles. The number of carboxylic acids is 1. The van der Waals surface area contributed by atoms with Crippen molar-refractivity contribution in [2.45, 2.75) is 38.5 Å². The van der Waals surface area contributed by atoms with Crippen molar-refractivity contribution in [2.24, 2.45) is 5.92 Å². The summed E-state index contributed by atoms with van der Waals surface area (Å²) in [4.78, 5) is 21.2. The van der Waals surface area contributed by atoms with Crippen molar-refractivity contribution < 1.29 is 14.7 Å². The predicted molar refractivity (Wildman–Crippen MR) is 106 cm³/mol. The Morgan fingerprint density at radius 1 is 0.962 bits per heavy atom. The maximum atomic E-state index is 12.2. The van der Waals surface area contributed by atoms with Crippen LogP contribution in [0.4, 0.5) is 5.69 Å². The summed E-state index contributed by atoms with van der Waals surface area (Å²) < 4.78 is 0. The Kier molecular flexibility index (Phi) is 11.1. The summed E-state index contributed by atoms with van der Waals surface area (Å²) in [6.45, 7) is 5.21. The van der Waals surface area contributed by atoms with Crippen molar-refractivity contribution >= 4 is 47.1 Å². The number of aliphatic carboxylic acids is 1. The zero-order valence-corrected chi connectivity index (χ0v) is 14.9. The van der Waals surface area contributed by atoms with Crippen LogP contribution < -0.4 is 16.0 Å². The quantitative estimate of drug-likeness (QED) is 0.605. The summed E-state index contributed by atoms with van der Waals surface area (Å²) in [5.41, 5.74) is 2.33. The van der Waals surface area contributed by atoms with E-state index in [2.05, 4.69) is 40.2 Å². The topological polar surface area (TPSA) is 90.5 Å². The summed E-state index contributed by atoms with van der Waals surface area (Å²) in [7, 11) is 0. The van der Waals surface area contributed by atoms with Crippen LogP contribution in [0.15, 0.2) is 24.3 Å². The van der Waals surface area contributed by atoms with Gasteiger partial charge in [-0.3, -0.25) is 9.59 Å². The molecule has 2 aliphatic rings. The first-order chi connectivity index (χ1) is 12.1. The van der Waals surface area contributed by atoms with Crippen molar-refractivity contribution in [1.29, 1.82) is 0 Å². The van der Waals surface area contributed by atoms with E-state index in [1.54, 1.807) is 0 Å². The second kappa shape index (κ2) is 12.5. The van der Waals surface area contributed by atoms with Gasteiger partial charge in [-0.2, -0.15) is 0 Å². The molecule has 2 saturated heterocycles. The third-order valence-electron chi connectivity index (χ3n) is 4.70. The molecule has 7 heteroatoms. The second-order valence-corrected chi connectivity index (χ2v) is 6.68. The molecule has 2 fully saturated rings. The molecule has 0 aromatic heterocycles. The van der Waals surface area contributed by atoms with Gasteiger partial charge in [-0.05, 0) is 75.5 Å². The second-order valence-electron chi connectivity index (χ2n) is 6.68. The van der Waals surface area contributed by atoms with Crippen molar-refractivity contribution in [1.82, 2.24) is 10.6 Å². The van der Waals surface area contributed by atoms with Gasteiger partial charge in [-0.15, -0.1) is 0 Å². The predicted octanol–water partition coefficient (Wildman–Crippen LogP) is 1.53. The van der Waals surface area contributed by atoms with Crippen molar-refractivity contribution in [3.8, 4) is 0 Å². The summed E-state index contributed by atoms with van der Waals surface area (Å²) in [6.07, 6.45) is 4.31. The van der Waals surface area contributed by atoms with E-state index in [-0.39, 0.29) is 41.4 Å². The molecule has 2 aliphatic heterocycles. The van der Waals surface area contributed by atoms with Crippen molar-refractivity contribution in [3.63, 3.8) is 0 Å². The van der Waals surface area contributed by atoms with Gasteiger partial charge in [0.15, 0.2) is 0 Å². The normalized spacial score (nSPS) is 18.0. The molecule has 26 heavy (non-hydrogen) atoms. The average molecular weight is 371 g/mol. The third-order valence-corrected chi connectivity index (χ3v) is 4.70. The molecule has 0 spiro atoms. The molecule has 0 unspecified atom stereocenters. The van der Waals surface area contributed by atoms with Gasteiger partial charge < -0.3 is 21.1 Å². The van der Waals surface area contributed by atoms with E-state index in [1.807, 2.05) is 0 Å². The van der Waals surface area contributed by atoms with Crippen LogP contribution in [0.2, 0.25) is 0 Å². The van der Waals surface area contributed by atoms with Gasteiger partial charge in [0.25, 0.3) is 5.97 Å². The number of hydrogen-bond acceptors (Lipinski definition) is 4. The molecule has 0 saturated carbocycles. The number of rotatable bonds is 3. The van der Waals surface area contributed by atoms with Crippen LogP contribution in [0.25, 0.3) is 0 Å². The summed E-state index contributed by atoms with van der Waals surface area (Å²) in [5, 5.41) is 17.2. The molecule has 140 valence electrons. The molecular formula is C19H30N3NaO3. The Morgan fingerprint density at radius 3 is 1.92 bits per heavy atom. The van der Waals surface area contributed by atoms with E-state index in [9.17, 15) is 4.79 Å². The average Bonchev–Trinajstić information content (AvgIpc) is 2.63. The van der Waals surface area contributed by atoms with Gasteiger partial charge in [-0.1, -0.05) is 12.1 Å². The van der Waals surface area contributed by atoms with E-state index >= 15 is 0 Å². The van der Waals surface area contributed by atoms with E-state index in [4.69, 9.17) is 9.90 Å². The number of nitrogens with one attached hydrogen (secondary N) is 3. The summed E-state index contributed by atoms with van der Waals surface area (Å²) >= 11 is 0. The minimum absolute atomic E-state index is 0. The van der Waals surface area contributed by atoms with E-state index in [0.29, 0.717) is 5.92 Å². The van der Waals surface area contributed by atoms with Crippen LogP contribution in [0, 0.1) is 5.92 Å². The van der Waals surface area contributed by atoms with Gasteiger partial charge in [0.05, 0.1) is 0 Å². The molecule has 0 bridgehead atoms. The number of hydrogen-bond donors (Lipinski definition) is 4. The van der Waals surface area contributed by atoms with Gasteiger partial charge in [-0.25, -0.2) is 0 Å². The monoisotopic (exact) mass is 371 g/mol. The fourth-order valence-corrected chi connectivity index (χ4v) is 3.32. The van der Waals surface area contributed by atoms with Gasteiger partial charge in [0, 0.05) is 18.5 Å². The number of carbonyl (C=O) groups excluding carboxylic acids is 1. The van der Waals surface area contributed by atoms with E-state index in [1.165, 1.54) is 18.4 Å². The Balaban J connectivity index is 0.000000616. The van der Waals surface area contributed by atoms with Crippen LogP contribution in [0.5, 0.6) is 0 Å². The van der Waals surface area contributed by atoms with E-state index in [0.717, 1.165) is 51.6 Å². The number of carbonyl (C=O) groups is 2. The van der Waals surface area contributed by atoms with E-state index < -0.39 is 5.97 Å². The Morgan fingerprint density at radius 2 is 1.42 bits per heavy atom. The molecule has 0 aliphatic carbocycles. The maximum absolute atomic E-state index is 12.2. The molecule has 4 N–H and O–H groups in total. The first-order valence-electron chi connectivity index (χ1n) is 9.08. The summed E-state index contributed by atoms with van der Waals surface area (Å²) in [5.74, 6) is 0.168. The Bertz CT molecular complexity index is 550. The van der Waals surface area contributed by atoms with Gasteiger partial charge in [0.2, 0.25) is 5.91 Å². The molecule has 6 nitrogen and oxygen atoms in total. The Labute approximate surface area is 177 Å². The van der Waals surface area contributed by atoms with Crippen LogP contribution in [0.3, 0.4) is 0 Å². The van der Waals surface area contributed by atoms with Crippen molar-refractivity contribution in [3.05, 3.63) is 29.8 Å². The number of amides is 1. The zero-order chi connectivity index (χ0) is 18.1. The number of benzene rings is 1. The molecule has 3 rings (SSSR count). The van der Waals surface area contributed by atoms with Crippen LogP contribution in [-0.4, -0.2) is 72.7 Å². The summed E-state index contributed by atoms with van der Waals surface area (Å²) in [6, 6.07) is 8.45.